The van der Waals surface area contributed by atoms with Crippen molar-refractivity contribution in [3.05, 3.63) is 28.5 Å². The molecule has 86 valence electrons. The van der Waals surface area contributed by atoms with Crippen molar-refractivity contribution in [2.45, 2.75) is 18.6 Å². The first-order valence-corrected chi connectivity index (χ1v) is 4.61. The second-order valence-corrected chi connectivity index (χ2v) is 3.65. The summed E-state index contributed by atoms with van der Waals surface area (Å²) in [5.41, 5.74) is 5.80. The molecule has 0 saturated heterocycles. The minimum Gasteiger partial charge on any atom is -0.324 e. The first-order chi connectivity index (χ1) is 6.38. The number of halogens is 5. The Kier molecular flexibility index (Phi) is 5.55. The van der Waals surface area contributed by atoms with E-state index in [0.717, 1.165) is 0 Å². The van der Waals surface area contributed by atoms with Crippen LogP contribution in [0.4, 0.5) is 13.2 Å². The Morgan fingerprint density at radius 3 is 2.53 bits per heavy atom. The van der Waals surface area contributed by atoms with Gasteiger partial charge in [0.2, 0.25) is 0 Å². The van der Waals surface area contributed by atoms with Crippen molar-refractivity contribution < 1.29 is 13.2 Å². The van der Waals surface area contributed by atoms with Crippen molar-refractivity contribution in [1.82, 2.24) is 4.98 Å². The Labute approximate surface area is 99.6 Å². The van der Waals surface area contributed by atoms with Crippen molar-refractivity contribution in [3.63, 3.8) is 0 Å². The molecule has 0 aliphatic carbocycles. The molecule has 0 spiro atoms. The predicted octanol–water partition coefficient (Wildman–Crippen LogP) is 3.22. The van der Waals surface area contributed by atoms with Gasteiger partial charge in [0.1, 0.15) is 4.60 Å². The molecule has 1 atom stereocenters. The number of hydrogen-bond acceptors (Lipinski definition) is 2. The second kappa shape index (κ2) is 5.67. The zero-order valence-electron chi connectivity index (χ0n) is 7.46. The molecular weight excluding hydrogens is 296 g/mol. The number of hydrogen-bond donors (Lipinski definition) is 1. The second-order valence-electron chi connectivity index (χ2n) is 2.84. The number of nitrogens with two attached hydrogens (primary N) is 1. The summed E-state index contributed by atoms with van der Waals surface area (Å²) >= 11 is 3.06. The number of pyridine rings is 1. The molecule has 0 fully saturated rings. The van der Waals surface area contributed by atoms with Crippen LogP contribution in [0.15, 0.2) is 22.9 Å². The molecule has 15 heavy (non-hydrogen) atoms. The molecule has 0 aliphatic rings. The summed E-state index contributed by atoms with van der Waals surface area (Å²) in [5.74, 6) is 0. The lowest BCUT2D eigenvalue weighted by Crippen LogP contribution is -2.20. The first-order valence-electron chi connectivity index (χ1n) is 3.82. The monoisotopic (exact) mass is 304 g/mol. The highest BCUT2D eigenvalue weighted by molar-refractivity contribution is 9.10. The average molecular weight is 306 g/mol. The fourth-order valence-corrected chi connectivity index (χ4v) is 1.40. The SMILES string of the molecule is Cl.N[C@@H](CC(F)(F)F)c1ccnc(Br)c1. The van der Waals surface area contributed by atoms with Gasteiger partial charge in [-0.1, -0.05) is 0 Å². The van der Waals surface area contributed by atoms with E-state index >= 15 is 0 Å². The molecule has 2 nitrogen and oxygen atoms in total. The highest BCUT2D eigenvalue weighted by Crippen LogP contribution is 2.28. The molecule has 2 N–H and O–H groups in total. The molecule has 1 heterocycles. The van der Waals surface area contributed by atoms with Gasteiger partial charge in [-0.15, -0.1) is 12.4 Å². The van der Waals surface area contributed by atoms with Crippen LogP contribution in [-0.4, -0.2) is 11.2 Å². The van der Waals surface area contributed by atoms with Gasteiger partial charge < -0.3 is 5.73 Å². The maximum atomic E-state index is 12.0. The standard InChI is InChI=1S/C8H8BrF3N2.ClH/c9-7-3-5(1-2-14-7)6(13)4-8(10,11)12;/h1-3,6H,4,13H2;1H/t6-;/m0./s1. The maximum Gasteiger partial charge on any atom is 0.390 e. The Morgan fingerprint density at radius 2 is 2.07 bits per heavy atom. The van der Waals surface area contributed by atoms with Gasteiger partial charge in [-0.2, -0.15) is 13.2 Å². The zero-order chi connectivity index (χ0) is 10.8. The van der Waals surface area contributed by atoms with Gasteiger partial charge in [0.15, 0.2) is 0 Å². The van der Waals surface area contributed by atoms with E-state index in [1.165, 1.54) is 18.3 Å². The summed E-state index contributed by atoms with van der Waals surface area (Å²) in [6.07, 6.45) is -3.85. The van der Waals surface area contributed by atoms with Gasteiger partial charge in [0, 0.05) is 12.2 Å². The molecule has 1 aromatic rings. The number of alkyl halides is 3. The topological polar surface area (TPSA) is 38.9 Å². The van der Waals surface area contributed by atoms with Crippen molar-refractivity contribution >= 4 is 28.3 Å². The zero-order valence-corrected chi connectivity index (χ0v) is 9.86. The molecule has 0 bridgehead atoms. The van der Waals surface area contributed by atoms with Gasteiger partial charge in [-0.3, -0.25) is 0 Å². The van der Waals surface area contributed by atoms with Gasteiger partial charge >= 0.3 is 6.18 Å². The van der Waals surface area contributed by atoms with E-state index in [4.69, 9.17) is 5.73 Å². The van der Waals surface area contributed by atoms with Crippen molar-refractivity contribution in [2.75, 3.05) is 0 Å². The van der Waals surface area contributed by atoms with Gasteiger partial charge in [0.05, 0.1) is 6.42 Å². The van der Waals surface area contributed by atoms with E-state index in [2.05, 4.69) is 20.9 Å². The Bertz CT molecular complexity index is 319. The van der Waals surface area contributed by atoms with Crippen LogP contribution in [0.25, 0.3) is 0 Å². The van der Waals surface area contributed by atoms with Crippen LogP contribution >= 0.6 is 28.3 Å². The van der Waals surface area contributed by atoms with Gasteiger partial charge in [-0.25, -0.2) is 4.98 Å². The number of rotatable bonds is 2. The van der Waals surface area contributed by atoms with Crippen LogP contribution in [0.1, 0.15) is 18.0 Å². The predicted molar refractivity (Wildman–Crippen MR) is 56.8 cm³/mol. The average Bonchev–Trinajstić information content (AvgIpc) is 2.01. The fraction of sp³-hybridized carbons (Fsp3) is 0.375. The molecule has 0 radical (unpaired) electrons. The third kappa shape index (κ3) is 5.34. The minimum absolute atomic E-state index is 0. The normalized spacial score (nSPS) is 13.1. The summed E-state index contributed by atoms with van der Waals surface area (Å²) in [4.78, 5) is 3.80. The number of nitrogens with zero attached hydrogens (tertiary/aromatic N) is 1. The van der Waals surface area contributed by atoms with E-state index in [1.54, 1.807) is 0 Å². The molecule has 7 heteroatoms. The lowest BCUT2D eigenvalue weighted by atomic mass is 10.1. The third-order valence-corrected chi connectivity index (χ3v) is 2.06. The van der Waals surface area contributed by atoms with Crippen LogP contribution in [0, 0.1) is 0 Å². The summed E-state index contributed by atoms with van der Waals surface area (Å²) in [7, 11) is 0. The van der Waals surface area contributed by atoms with Crippen LogP contribution in [0.5, 0.6) is 0 Å². The lowest BCUT2D eigenvalue weighted by Gasteiger charge is -2.14. The van der Waals surface area contributed by atoms with Crippen molar-refractivity contribution in [2.24, 2.45) is 5.73 Å². The molecule has 0 amide bonds. The lowest BCUT2D eigenvalue weighted by molar-refractivity contribution is -0.138. The van der Waals surface area contributed by atoms with Crippen molar-refractivity contribution in [1.29, 1.82) is 0 Å². The summed E-state index contributed by atoms with van der Waals surface area (Å²) in [6.45, 7) is 0. The fourth-order valence-electron chi connectivity index (χ4n) is 1.02. The van der Waals surface area contributed by atoms with Crippen LogP contribution in [0.2, 0.25) is 0 Å². The largest absolute Gasteiger partial charge is 0.390 e. The van der Waals surface area contributed by atoms with Crippen molar-refractivity contribution in [3.8, 4) is 0 Å². The molecule has 0 aliphatic heterocycles. The van der Waals surface area contributed by atoms with E-state index in [1.807, 2.05) is 0 Å². The third-order valence-electron chi connectivity index (χ3n) is 1.63. The maximum absolute atomic E-state index is 12.0. The smallest absolute Gasteiger partial charge is 0.324 e. The Balaban J connectivity index is 0.00000196. The molecule has 1 rings (SSSR count). The van der Waals surface area contributed by atoms with Gasteiger partial charge in [-0.05, 0) is 33.6 Å². The minimum atomic E-state index is -4.24. The molecule has 0 unspecified atom stereocenters. The van der Waals surface area contributed by atoms with Crippen LogP contribution in [-0.2, 0) is 0 Å². The molecule has 0 aromatic carbocycles. The summed E-state index contributed by atoms with van der Waals surface area (Å²) in [6, 6.07) is 1.92. The van der Waals surface area contributed by atoms with E-state index in [0.29, 0.717) is 10.2 Å². The van der Waals surface area contributed by atoms with E-state index in [-0.39, 0.29) is 12.4 Å². The van der Waals surface area contributed by atoms with Gasteiger partial charge in [0.25, 0.3) is 0 Å². The molecule has 1 aromatic heterocycles. The van der Waals surface area contributed by atoms with Crippen LogP contribution in [0.3, 0.4) is 0 Å². The highest BCUT2D eigenvalue weighted by Gasteiger charge is 2.30. The number of aromatic nitrogens is 1. The quantitative estimate of drug-likeness (QED) is 0.852. The molecule has 0 saturated carbocycles. The summed E-state index contributed by atoms with van der Waals surface area (Å²) < 4.78 is 36.4. The highest BCUT2D eigenvalue weighted by atomic mass is 79.9. The van der Waals surface area contributed by atoms with E-state index in [9.17, 15) is 13.2 Å². The molecular formula is C8H9BrClF3N2. The van der Waals surface area contributed by atoms with Crippen LogP contribution < -0.4 is 5.73 Å². The van der Waals surface area contributed by atoms with E-state index < -0.39 is 18.6 Å². The first kappa shape index (κ1) is 14.7. The summed E-state index contributed by atoms with van der Waals surface area (Å²) in [5, 5.41) is 0. The Morgan fingerprint density at radius 1 is 1.47 bits per heavy atom. The Hall–Kier alpha value is -0.330.